The first-order valence-corrected chi connectivity index (χ1v) is 5.46. The van der Waals surface area contributed by atoms with Gasteiger partial charge >= 0.3 is 0 Å². The fourth-order valence-electron chi connectivity index (χ4n) is 1.25. The predicted molar refractivity (Wildman–Crippen MR) is 62.3 cm³/mol. The lowest BCUT2D eigenvalue weighted by Gasteiger charge is -2.03. The SMILES string of the molecule is Cc1nnc(Nc2cccc(CN)c2)s1. The molecule has 1 aromatic carbocycles. The van der Waals surface area contributed by atoms with Gasteiger partial charge in [0.25, 0.3) is 0 Å². The van der Waals surface area contributed by atoms with Crippen molar-refractivity contribution in [2.45, 2.75) is 13.5 Å². The quantitative estimate of drug-likeness (QED) is 0.831. The van der Waals surface area contributed by atoms with Gasteiger partial charge in [-0.1, -0.05) is 23.5 Å². The number of nitrogens with zero attached hydrogens (tertiary/aromatic N) is 2. The minimum absolute atomic E-state index is 0.546. The summed E-state index contributed by atoms with van der Waals surface area (Å²) < 4.78 is 0. The first-order chi connectivity index (χ1) is 7.28. The Morgan fingerprint density at radius 2 is 2.27 bits per heavy atom. The maximum Gasteiger partial charge on any atom is 0.210 e. The number of hydrogen-bond acceptors (Lipinski definition) is 5. The van der Waals surface area contributed by atoms with E-state index in [0.717, 1.165) is 21.4 Å². The zero-order valence-corrected chi connectivity index (χ0v) is 9.21. The van der Waals surface area contributed by atoms with Crippen LogP contribution in [0.25, 0.3) is 0 Å². The van der Waals surface area contributed by atoms with E-state index in [-0.39, 0.29) is 0 Å². The first kappa shape index (κ1) is 10.1. The van der Waals surface area contributed by atoms with Gasteiger partial charge in [-0.3, -0.25) is 0 Å². The summed E-state index contributed by atoms with van der Waals surface area (Å²) in [5, 5.41) is 12.9. The molecule has 0 bridgehead atoms. The molecule has 5 heteroatoms. The summed E-state index contributed by atoms with van der Waals surface area (Å²) in [6, 6.07) is 7.96. The van der Waals surface area contributed by atoms with Gasteiger partial charge in [0.1, 0.15) is 5.01 Å². The molecule has 0 atom stereocenters. The van der Waals surface area contributed by atoms with Crippen LogP contribution in [-0.2, 0) is 6.54 Å². The maximum absolute atomic E-state index is 5.56. The number of anilines is 2. The van der Waals surface area contributed by atoms with Gasteiger partial charge in [0.05, 0.1) is 0 Å². The second kappa shape index (κ2) is 4.37. The van der Waals surface area contributed by atoms with Crippen molar-refractivity contribution in [3.63, 3.8) is 0 Å². The number of benzene rings is 1. The monoisotopic (exact) mass is 220 g/mol. The highest BCUT2D eigenvalue weighted by Crippen LogP contribution is 2.20. The topological polar surface area (TPSA) is 63.8 Å². The molecular formula is C10H12N4S. The van der Waals surface area contributed by atoms with E-state index in [1.807, 2.05) is 31.2 Å². The standard InChI is InChI=1S/C10H12N4S/c1-7-13-14-10(15-7)12-9-4-2-3-8(5-9)6-11/h2-5H,6,11H2,1H3,(H,12,14). The summed E-state index contributed by atoms with van der Waals surface area (Å²) in [5.74, 6) is 0. The molecule has 0 aliphatic carbocycles. The largest absolute Gasteiger partial charge is 0.330 e. The van der Waals surface area contributed by atoms with Gasteiger partial charge in [0.15, 0.2) is 0 Å². The van der Waals surface area contributed by atoms with Gasteiger partial charge in [0.2, 0.25) is 5.13 Å². The normalized spacial score (nSPS) is 10.3. The molecule has 2 rings (SSSR count). The number of aryl methyl sites for hydroxylation is 1. The number of hydrogen-bond donors (Lipinski definition) is 2. The zero-order chi connectivity index (χ0) is 10.7. The van der Waals surface area contributed by atoms with Gasteiger partial charge in [-0.25, -0.2) is 0 Å². The molecule has 0 radical (unpaired) electrons. The Bertz CT molecular complexity index is 452. The van der Waals surface area contributed by atoms with Crippen molar-refractivity contribution in [1.29, 1.82) is 0 Å². The van der Waals surface area contributed by atoms with Gasteiger partial charge in [-0.05, 0) is 24.6 Å². The molecule has 0 fully saturated rings. The van der Waals surface area contributed by atoms with Crippen molar-refractivity contribution < 1.29 is 0 Å². The van der Waals surface area contributed by atoms with E-state index in [2.05, 4.69) is 15.5 Å². The van der Waals surface area contributed by atoms with Crippen molar-refractivity contribution in [2.75, 3.05) is 5.32 Å². The molecule has 0 saturated carbocycles. The third-order valence-corrected chi connectivity index (χ3v) is 2.69. The Hall–Kier alpha value is -1.46. The van der Waals surface area contributed by atoms with Crippen LogP contribution in [0.3, 0.4) is 0 Å². The van der Waals surface area contributed by atoms with Gasteiger partial charge in [0, 0.05) is 12.2 Å². The van der Waals surface area contributed by atoms with Crippen LogP contribution < -0.4 is 11.1 Å². The average Bonchev–Trinajstić information content (AvgIpc) is 2.64. The molecule has 15 heavy (non-hydrogen) atoms. The third-order valence-electron chi connectivity index (χ3n) is 1.94. The summed E-state index contributed by atoms with van der Waals surface area (Å²) in [6.07, 6.45) is 0. The van der Waals surface area contributed by atoms with Crippen LogP contribution in [0.15, 0.2) is 24.3 Å². The molecule has 0 amide bonds. The Balaban J connectivity index is 2.16. The van der Waals surface area contributed by atoms with E-state index in [1.165, 1.54) is 11.3 Å². The summed E-state index contributed by atoms with van der Waals surface area (Å²) in [5.41, 5.74) is 7.66. The van der Waals surface area contributed by atoms with E-state index in [9.17, 15) is 0 Å². The second-order valence-corrected chi connectivity index (χ2v) is 4.34. The molecule has 78 valence electrons. The highest BCUT2D eigenvalue weighted by atomic mass is 32.1. The maximum atomic E-state index is 5.56. The first-order valence-electron chi connectivity index (χ1n) is 4.64. The minimum atomic E-state index is 0.546. The molecule has 0 aliphatic heterocycles. The summed E-state index contributed by atoms with van der Waals surface area (Å²) in [7, 11) is 0. The molecule has 1 aromatic heterocycles. The van der Waals surface area contributed by atoms with Crippen LogP contribution in [0.5, 0.6) is 0 Å². The minimum Gasteiger partial charge on any atom is -0.330 e. The molecule has 0 unspecified atom stereocenters. The molecular weight excluding hydrogens is 208 g/mol. The molecule has 0 aliphatic rings. The Labute approximate surface area is 92.2 Å². The molecule has 0 spiro atoms. The number of nitrogens with one attached hydrogen (secondary N) is 1. The van der Waals surface area contributed by atoms with Crippen molar-refractivity contribution >= 4 is 22.2 Å². The molecule has 3 N–H and O–H groups in total. The van der Waals surface area contributed by atoms with E-state index >= 15 is 0 Å². The number of rotatable bonds is 3. The highest BCUT2D eigenvalue weighted by molar-refractivity contribution is 7.15. The van der Waals surface area contributed by atoms with Crippen LogP contribution in [0, 0.1) is 6.92 Å². The lowest BCUT2D eigenvalue weighted by molar-refractivity contribution is 1.05. The number of aromatic nitrogens is 2. The van der Waals surface area contributed by atoms with Crippen molar-refractivity contribution in [1.82, 2.24) is 10.2 Å². The smallest absolute Gasteiger partial charge is 0.210 e. The van der Waals surface area contributed by atoms with Gasteiger partial charge in [-0.2, -0.15) is 0 Å². The summed E-state index contributed by atoms with van der Waals surface area (Å²) in [6.45, 7) is 2.48. The van der Waals surface area contributed by atoms with Crippen molar-refractivity contribution in [3.05, 3.63) is 34.8 Å². The fourth-order valence-corrected chi connectivity index (χ4v) is 1.86. The second-order valence-electron chi connectivity index (χ2n) is 3.16. The molecule has 0 saturated heterocycles. The van der Waals surface area contributed by atoms with Gasteiger partial charge < -0.3 is 11.1 Å². The zero-order valence-electron chi connectivity index (χ0n) is 8.40. The average molecular weight is 220 g/mol. The highest BCUT2D eigenvalue weighted by Gasteiger charge is 2.00. The van der Waals surface area contributed by atoms with Crippen LogP contribution in [0.2, 0.25) is 0 Å². The van der Waals surface area contributed by atoms with E-state index < -0.39 is 0 Å². The van der Waals surface area contributed by atoms with Gasteiger partial charge in [-0.15, -0.1) is 10.2 Å². The van der Waals surface area contributed by atoms with E-state index in [1.54, 1.807) is 0 Å². The molecule has 4 nitrogen and oxygen atoms in total. The Kier molecular flexibility index (Phi) is 2.94. The van der Waals surface area contributed by atoms with Crippen LogP contribution in [-0.4, -0.2) is 10.2 Å². The Morgan fingerprint density at radius 1 is 1.40 bits per heavy atom. The fraction of sp³-hybridized carbons (Fsp3) is 0.200. The van der Waals surface area contributed by atoms with Crippen molar-refractivity contribution in [2.24, 2.45) is 5.73 Å². The lowest BCUT2D eigenvalue weighted by Crippen LogP contribution is -1.97. The van der Waals surface area contributed by atoms with E-state index in [4.69, 9.17) is 5.73 Å². The lowest BCUT2D eigenvalue weighted by atomic mass is 10.2. The van der Waals surface area contributed by atoms with E-state index in [0.29, 0.717) is 6.54 Å². The summed E-state index contributed by atoms with van der Waals surface area (Å²) in [4.78, 5) is 0. The van der Waals surface area contributed by atoms with Crippen LogP contribution >= 0.6 is 11.3 Å². The third kappa shape index (κ3) is 2.51. The summed E-state index contributed by atoms with van der Waals surface area (Å²) >= 11 is 1.53. The van der Waals surface area contributed by atoms with Crippen LogP contribution in [0.4, 0.5) is 10.8 Å². The number of nitrogens with two attached hydrogens (primary N) is 1. The van der Waals surface area contributed by atoms with Crippen LogP contribution in [0.1, 0.15) is 10.6 Å². The molecule has 1 heterocycles. The molecule has 2 aromatic rings. The predicted octanol–water partition coefficient (Wildman–Crippen LogP) is 2.05. The van der Waals surface area contributed by atoms with Crippen molar-refractivity contribution in [3.8, 4) is 0 Å². The Morgan fingerprint density at radius 3 is 2.93 bits per heavy atom.